The molecule has 7 nitrogen and oxygen atoms in total. The van der Waals surface area contributed by atoms with Crippen LogP contribution in [0.3, 0.4) is 0 Å². The number of hydrogen-bond donors (Lipinski definition) is 2. The first-order valence-electron chi connectivity index (χ1n) is 9.28. The molecule has 0 saturated carbocycles. The largest absolute Gasteiger partial charge is 0.504 e. The lowest BCUT2D eigenvalue weighted by Crippen LogP contribution is -1.91. The average Bonchev–Trinajstić information content (AvgIpc) is 3.13. The molecule has 30 heavy (non-hydrogen) atoms. The summed E-state index contributed by atoms with van der Waals surface area (Å²) < 4.78 is 12.4. The fourth-order valence-corrected chi connectivity index (χ4v) is 3.28. The Morgan fingerprint density at radius 2 is 1.63 bits per heavy atom. The molecule has 0 aliphatic carbocycles. The molecule has 0 radical (unpaired) electrons. The summed E-state index contributed by atoms with van der Waals surface area (Å²) in [7, 11) is 3.00. The van der Waals surface area contributed by atoms with E-state index in [4.69, 9.17) is 19.5 Å². The molecule has 0 atom stereocenters. The number of phenolic OH excluding ortho intramolecular Hbond substituents is 2. The minimum absolute atomic E-state index is 0.0578. The Morgan fingerprint density at radius 1 is 0.933 bits per heavy atom. The van der Waals surface area contributed by atoms with E-state index in [9.17, 15) is 10.2 Å². The highest BCUT2D eigenvalue weighted by atomic mass is 16.5. The molecule has 0 aliphatic rings. The zero-order valence-electron chi connectivity index (χ0n) is 16.8. The van der Waals surface area contributed by atoms with Crippen molar-refractivity contribution in [3.8, 4) is 34.3 Å². The van der Waals surface area contributed by atoms with Gasteiger partial charge in [0.25, 0.3) is 0 Å². The van der Waals surface area contributed by atoms with Crippen molar-refractivity contribution in [2.24, 2.45) is 4.99 Å². The summed E-state index contributed by atoms with van der Waals surface area (Å²) in [4.78, 5) is 9.48. The second-order valence-electron chi connectivity index (χ2n) is 6.72. The molecule has 2 aromatic carbocycles. The molecule has 0 aliphatic heterocycles. The van der Waals surface area contributed by atoms with Crippen molar-refractivity contribution in [1.82, 2.24) is 9.38 Å². The number of methoxy groups -OCH3 is 2. The Morgan fingerprint density at radius 3 is 2.37 bits per heavy atom. The van der Waals surface area contributed by atoms with Gasteiger partial charge in [-0.25, -0.2) is 9.98 Å². The third-order valence-electron chi connectivity index (χ3n) is 4.81. The number of aromatic nitrogens is 2. The monoisotopic (exact) mass is 403 g/mol. The molecule has 4 aromatic rings. The third-order valence-corrected chi connectivity index (χ3v) is 4.81. The zero-order chi connectivity index (χ0) is 21.3. The number of aryl methyl sites for hydroxylation is 1. The molecule has 2 heterocycles. The average molecular weight is 403 g/mol. The molecular formula is C23H21N3O4. The van der Waals surface area contributed by atoms with Gasteiger partial charge in [-0.15, -0.1) is 0 Å². The second kappa shape index (κ2) is 7.79. The first kappa shape index (κ1) is 19.3. The third kappa shape index (κ3) is 3.41. The molecule has 0 saturated heterocycles. The van der Waals surface area contributed by atoms with Crippen LogP contribution >= 0.6 is 0 Å². The molecule has 2 aromatic heterocycles. The summed E-state index contributed by atoms with van der Waals surface area (Å²) in [6, 6.07) is 15.9. The molecule has 2 N–H and O–H groups in total. The lowest BCUT2D eigenvalue weighted by Gasteiger charge is -2.07. The van der Waals surface area contributed by atoms with Crippen molar-refractivity contribution < 1.29 is 19.7 Å². The minimum Gasteiger partial charge on any atom is -0.504 e. The quantitative estimate of drug-likeness (QED) is 0.480. The topological polar surface area (TPSA) is 88.6 Å². The number of rotatable bonds is 5. The number of benzene rings is 2. The number of ether oxygens (including phenoxy) is 2. The van der Waals surface area contributed by atoms with Crippen LogP contribution < -0.4 is 9.47 Å². The van der Waals surface area contributed by atoms with Gasteiger partial charge >= 0.3 is 0 Å². The van der Waals surface area contributed by atoms with Crippen molar-refractivity contribution in [2.45, 2.75) is 6.92 Å². The highest BCUT2D eigenvalue weighted by Gasteiger charge is 2.16. The number of hydrogen-bond acceptors (Lipinski definition) is 6. The molecule has 4 rings (SSSR count). The summed E-state index contributed by atoms with van der Waals surface area (Å²) in [6.07, 6.45) is 1.69. The summed E-state index contributed by atoms with van der Waals surface area (Å²) in [5.41, 5.74) is 3.93. The van der Waals surface area contributed by atoms with Crippen molar-refractivity contribution >= 4 is 17.7 Å². The van der Waals surface area contributed by atoms with Gasteiger partial charge in [-0.05, 0) is 61.0 Å². The molecule has 0 amide bonds. The number of pyridine rings is 1. The highest BCUT2D eigenvalue weighted by Crippen LogP contribution is 2.36. The van der Waals surface area contributed by atoms with E-state index in [1.54, 1.807) is 42.6 Å². The van der Waals surface area contributed by atoms with Gasteiger partial charge in [-0.1, -0.05) is 6.07 Å². The van der Waals surface area contributed by atoms with Crippen LogP contribution in [-0.4, -0.2) is 40.0 Å². The zero-order valence-corrected chi connectivity index (χ0v) is 16.8. The van der Waals surface area contributed by atoms with E-state index in [2.05, 4.69) is 0 Å². The fraction of sp³-hybridized carbons (Fsp3) is 0.130. The van der Waals surface area contributed by atoms with Gasteiger partial charge in [0.15, 0.2) is 28.8 Å². The molecule has 7 heteroatoms. The fourth-order valence-electron chi connectivity index (χ4n) is 3.28. The first-order valence-corrected chi connectivity index (χ1v) is 9.28. The van der Waals surface area contributed by atoms with Gasteiger partial charge in [0.2, 0.25) is 0 Å². The van der Waals surface area contributed by atoms with Crippen LogP contribution in [0.1, 0.15) is 11.3 Å². The van der Waals surface area contributed by atoms with Crippen LogP contribution in [-0.2, 0) is 0 Å². The van der Waals surface area contributed by atoms with E-state index in [0.29, 0.717) is 23.0 Å². The Bertz CT molecular complexity index is 1260. The number of nitrogens with zero attached hydrogens (tertiary/aromatic N) is 3. The molecule has 0 spiro atoms. The Kier molecular flexibility index (Phi) is 5.02. The van der Waals surface area contributed by atoms with Crippen LogP contribution in [0.4, 0.5) is 5.82 Å². The molecule has 0 unspecified atom stereocenters. The van der Waals surface area contributed by atoms with Crippen molar-refractivity contribution in [3.05, 3.63) is 65.9 Å². The van der Waals surface area contributed by atoms with E-state index in [1.807, 2.05) is 29.5 Å². The van der Waals surface area contributed by atoms with Crippen molar-refractivity contribution in [1.29, 1.82) is 0 Å². The van der Waals surface area contributed by atoms with Gasteiger partial charge in [0, 0.05) is 17.5 Å². The summed E-state index contributed by atoms with van der Waals surface area (Å²) in [6.45, 7) is 1.98. The standard InChI is InChI=1S/C23H21N3O4/c1-14-5-4-6-21-25-22(16-8-10-18(28)20(12-16)30-3)23(26(14)21)24-13-15-7-9-17(27)19(11-15)29-2/h4-13,27-28H,1-3H3. The Hall–Kier alpha value is -4.00. The second-order valence-corrected chi connectivity index (χ2v) is 6.72. The number of fused-ring (bicyclic) bond motifs is 1. The van der Waals surface area contributed by atoms with Crippen LogP contribution in [0.15, 0.2) is 59.6 Å². The Balaban J connectivity index is 1.89. The van der Waals surface area contributed by atoms with Crippen LogP contribution in [0.2, 0.25) is 0 Å². The van der Waals surface area contributed by atoms with Gasteiger partial charge in [0.05, 0.1) is 14.2 Å². The van der Waals surface area contributed by atoms with Gasteiger partial charge in [-0.3, -0.25) is 4.40 Å². The van der Waals surface area contributed by atoms with Crippen LogP contribution in [0, 0.1) is 6.92 Å². The SMILES string of the molecule is COc1cc(C=Nc2c(-c3ccc(O)c(OC)c3)nc3cccc(C)n23)ccc1O. The van der Waals surface area contributed by atoms with E-state index >= 15 is 0 Å². The summed E-state index contributed by atoms with van der Waals surface area (Å²) in [5.74, 6) is 1.50. The summed E-state index contributed by atoms with van der Waals surface area (Å²) >= 11 is 0. The van der Waals surface area contributed by atoms with Gasteiger partial charge in [0.1, 0.15) is 11.3 Å². The van der Waals surface area contributed by atoms with E-state index in [-0.39, 0.29) is 11.5 Å². The molecule has 0 bridgehead atoms. The lowest BCUT2D eigenvalue weighted by atomic mass is 10.1. The van der Waals surface area contributed by atoms with Crippen LogP contribution in [0.25, 0.3) is 16.9 Å². The first-order chi connectivity index (χ1) is 14.5. The number of imidazole rings is 1. The number of phenols is 2. The minimum atomic E-state index is 0.0578. The molecule has 152 valence electrons. The predicted molar refractivity (Wildman–Crippen MR) is 115 cm³/mol. The maximum absolute atomic E-state index is 9.95. The maximum atomic E-state index is 9.95. The van der Waals surface area contributed by atoms with Crippen molar-refractivity contribution in [2.75, 3.05) is 14.2 Å². The normalized spacial score (nSPS) is 11.3. The van der Waals surface area contributed by atoms with E-state index in [0.717, 1.165) is 22.5 Å². The molecule has 0 fully saturated rings. The van der Waals surface area contributed by atoms with Crippen LogP contribution in [0.5, 0.6) is 23.0 Å². The van der Waals surface area contributed by atoms with E-state index in [1.165, 1.54) is 14.2 Å². The Labute approximate surface area is 173 Å². The predicted octanol–water partition coefficient (Wildman–Crippen LogP) is 4.49. The highest BCUT2D eigenvalue weighted by molar-refractivity contribution is 5.86. The van der Waals surface area contributed by atoms with E-state index < -0.39 is 0 Å². The molecular weight excluding hydrogens is 382 g/mol. The summed E-state index contributed by atoms with van der Waals surface area (Å²) in [5, 5.41) is 19.8. The van der Waals surface area contributed by atoms with Gasteiger partial charge < -0.3 is 19.7 Å². The van der Waals surface area contributed by atoms with Crippen molar-refractivity contribution in [3.63, 3.8) is 0 Å². The number of aliphatic imine (C=N–C) groups is 1. The number of aromatic hydroxyl groups is 2. The lowest BCUT2D eigenvalue weighted by molar-refractivity contribution is 0.373. The maximum Gasteiger partial charge on any atom is 0.165 e. The van der Waals surface area contributed by atoms with Gasteiger partial charge in [-0.2, -0.15) is 0 Å². The smallest absolute Gasteiger partial charge is 0.165 e.